The number of aryl methyl sites for hydroxylation is 1. The van der Waals surface area contributed by atoms with Gasteiger partial charge in [-0.05, 0) is 36.3 Å². The van der Waals surface area contributed by atoms with Gasteiger partial charge in [0.25, 0.3) is 5.56 Å². The monoisotopic (exact) mass is 234 g/mol. The van der Waals surface area contributed by atoms with Gasteiger partial charge in [-0.3, -0.25) is 9.36 Å². The number of nitrogens with zero attached hydrogens (tertiary/aromatic N) is 1. The molecule has 84 valence electrons. The Morgan fingerprint density at radius 2 is 2.19 bits per heavy atom. The summed E-state index contributed by atoms with van der Waals surface area (Å²) in [7, 11) is 1.69. The first-order chi connectivity index (χ1) is 7.63. The van der Waals surface area contributed by atoms with Crippen molar-refractivity contribution >= 4 is 23.1 Å². The molecule has 16 heavy (non-hydrogen) atoms. The normalized spacial score (nSPS) is 10.9. The van der Waals surface area contributed by atoms with Crippen molar-refractivity contribution in [3.8, 4) is 0 Å². The highest BCUT2D eigenvalue weighted by Gasteiger charge is 2.03. The Kier molecular flexibility index (Phi) is 2.92. The minimum absolute atomic E-state index is 0.0308. The molecular weight excluding hydrogens is 220 g/mol. The van der Waals surface area contributed by atoms with Gasteiger partial charge in [0.2, 0.25) is 0 Å². The Hall–Kier alpha value is -1.42. The van der Waals surface area contributed by atoms with Crippen molar-refractivity contribution in [3.05, 3.63) is 38.9 Å². The van der Waals surface area contributed by atoms with Crippen LogP contribution in [0.4, 0.5) is 0 Å². The van der Waals surface area contributed by atoms with E-state index in [4.69, 9.17) is 12.2 Å². The molecule has 0 bridgehead atoms. The van der Waals surface area contributed by atoms with Crippen LogP contribution in [0, 0.1) is 4.77 Å². The van der Waals surface area contributed by atoms with E-state index in [9.17, 15) is 4.79 Å². The first-order valence-corrected chi connectivity index (χ1v) is 5.76. The van der Waals surface area contributed by atoms with Gasteiger partial charge in [-0.15, -0.1) is 0 Å². The maximum absolute atomic E-state index is 12.0. The van der Waals surface area contributed by atoms with Crippen LogP contribution in [0.1, 0.15) is 18.9 Å². The molecule has 0 fully saturated rings. The second-order valence-electron chi connectivity index (χ2n) is 3.92. The van der Waals surface area contributed by atoms with Crippen molar-refractivity contribution in [1.82, 2.24) is 9.55 Å². The Bertz CT molecular complexity index is 639. The minimum atomic E-state index is -0.0308. The highest BCUT2D eigenvalue weighted by molar-refractivity contribution is 7.71. The van der Waals surface area contributed by atoms with Crippen molar-refractivity contribution < 1.29 is 0 Å². The number of rotatable bonds is 2. The molecule has 2 rings (SSSR count). The maximum atomic E-state index is 12.0. The molecule has 0 aliphatic rings. The summed E-state index contributed by atoms with van der Waals surface area (Å²) < 4.78 is 1.92. The number of aromatic amines is 1. The predicted molar refractivity (Wildman–Crippen MR) is 68.4 cm³/mol. The topological polar surface area (TPSA) is 37.8 Å². The molecule has 3 nitrogen and oxygen atoms in total. The van der Waals surface area contributed by atoms with E-state index in [-0.39, 0.29) is 5.56 Å². The number of fused-ring (bicyclic) bond motifs is 1. The number of benzene rings is 1. The molecule has 0 amide bonds. The summed E-state index contributed by atoms with van der Waals surface area (Å²) in [6, 6.07) is 5.92. The lowest BCUT2D eigenvalue weighted by Crippen LogP contribution is -2.18. The third-order valence-electron chi connectivity index (χ3n) is 2.70. The molecule has 0 saturated heterocycles. The van der Waals surface area contributed by atoms with Crippen molar-refractivity contribution in [2.75, 3.05) is 0 Å². The largest absolute Gasteiger partial charge is 0.332 e. The van der Waals surface area contributed by atoms with Crippen LogP contribution in [0.3, 0.4) is 0 Å². The molecule has 0 aliphatic heterocycles. The molecule has 0 aliphatic carbocycles. The van der Waals surface area contributed by atoms with E-state index >= 15 is 0 Å². The lowest BCUT2D eigenvalue weighted by molar-refractivity contribution is 0.823. The number of nitrogens with one attached hydrogen (secondary N) is 1. The van der Waals surface area contributed by atoms with Crippen LogP contribution in [0.25, 0.3) is 10.9 Å². The van der Waals surface area contributed by atoms with Gasteiger partial charge in [-0.25, -0.2) is 0 Å². The van der Waals surface area contributed by atoms with E-state index in [2.05, 4.69) is 11.9 Å². The third-order valence-corrected chi connectivity index (χ3v) is 3.08. The number of hydrogen-bond acceptors (Lipinski definition) is 2. The van der Waals surface area contributed by atoms with Crippen LogP contribution in [0.5, 0.6) is 0 Å². The average Bonchev–Trinajstić information content (AvgIpc) is 2.28. The summed E-state index contributed by atoms with van der Waals surface area (Å²) in [6.45, 7) is 2.13. The maximum Gasteiger partial charge on any atom is 0.261 e. The van der Waals surface area contributed by atoms with Gasteiger partial charge in [0, 0.05) is 7.05 Å². The molecule has 0 spiro atoms. The van der Waals surface area contributed by atoms with E-state index in [0.29, 0.717) is 10.2 Å². The quantitative estimate of drug-likeness (QED) is 0.811. The fraction of sp³-hybridized carbons (Fsp3) is 0.333. The van der Waals surface area contributed by atoms with Crippen LogP contribution >= 0.6 is 12.2 Å². The first kappa shape index (κ1) is 11.1. The molecular formula is C12H14N2OS. The van der Waals surface area contributed by atoms with Gasteiger partial charge in [-0.2, -0.15) is 0 Å². The predicted octanol–water partition coefficient (Wildman–Crippen LogP) is 2.55. The summed E-state index contributed by atoms with van der Waals surface area (Å²) in [5.41, 5.74) is 1.97. The van der Waals surface area contributed by atoms with Gasteiger partial charge in [-0.1, -0.05) is 19.4 Å². The standard InChI is InChI=1S/C12H14N2OS/c1-3-4-8-5-6-10-9(7-8)11(15)14(2)12(16)13-10/h5-7H,3-4H2,1-2H3,(H,13,16). The van der Waals surface area contributed by atoms with Crippen LogP contribution < -0.4 is 5.56 Å². The SMILES string of the molecule is CCCc1ccc2[nH]c(=S)n(C)c(=O)c2c1. The van der Waals surface area contributed by atoms with E-state index in [1.54, 1.807) is 7.05 Å². The minimum Gasteiger partial charge on any atom is -0.332 e. The summed E-state index contributed by atoms with van der Waals surface area (Å²) in [6.07, 6.45) is 2.07. The summed E-state index contributed by atoms with van der Waals surface area (Å²) in [5, 5.41) is 0.710. The Morgan fingerprint density at radius 3 is 2.88 bits per heavy atom. The molecule has 1 aromatic carbocycles. The molecule has 0 atom stereocenters. The molecule has 0 saturated carbocycles. The highest BCUT2D eigenvalue weighted by atomic mass is 32.1. The Balaban J connectivity index is 2.78. The van der Waals surface area contributed by atoms with Crippen molar-refractivity contribution in [2.24, 2.45) is 7.05 Å². The summed E-state index contributed by atoms with van der Waals surface area (Å²) in [5.74, 6) is 0. The van der Waals surface area contributed by atoms with Gasteiger partial charge in [0.05, 0.1) is 10.9 Å². The molecule has 1 heterocycles. The fourth-order valence-corrected chi connectivity index (χ4v) is 1.99. The van der Waals surface area contributed by atoms with Crippen molar-refractivity contribution in [1.29, 1.82) is 0 Å². The molecule has 1 N–H and O–H groups in total. The molecule has 1 aromatic heterocycles. The summed E-state index contributed by atoms with van der Waals surface area (Å²) >= 11 is 5.06. The second-order valence-corrected chi connectivity index (χ2v) is 4.31. The van der Waals surface area contributed by atoms with Crippen LogP contribution in [0.2, 0.25) is 0 Å². The zero-order chi connectivity index (χ0) is 11.7. The van der Waals surface area contributed by atoms with Crippen molar-refractivity contribution in [3.63, 3.8) is 0 Å². The molecule has 4 heteroatoms. The van der Waals surface area contributed by atoms with E-state index < -0.39 is 0 Å². The average molecular weight is 234 g/mol. The van der Waals surface area contributed by atoms with E-state index in [1.165, 1.54) is 10.1 Å². The fourth-order valence-electron chi connectivity index (χ4n) is 1.79. The zero-order valence-electron chi connectivity index (χ0n) is 9.41. The lowest BCUT2D eigenvalue weighted by atomic mass is 10.1. The van der Waals surface area contributed by atoms with E-state index in [0.717, 1.165) is 18.4 Å². The van der Waals surface area contributed by atoms with Gasteiger partial charge >= 0.3 is 0 Å². The smallest absolute Gasteiger partial charge is 0.261 e. The lowest BCUT2D eigenvalue weighted by Gasteiger charge is -2.04. The van der Waals surface area contributed by atoms with Crippen LogP contribution in [-0.2, 0) is 13.5 Å². The Morgan fingerprint density at radius 1 is 1.44 bits per heavy atom. The van der Waals surface area contributed by atoms with Gasteiger partial charge < -0.3 is 4.98 Å². The number of H-pyrrole nitrogens is 1. The third kappa shape index (κ3) is 1.80. The highest BCUT2D eigenvalue weighted by Crippen LogP contribution is 2.11. The number of hydrogen-bond donors (Lipinski definition) is 1. The van der Waals surface area contributed by atoms with E-state index in [1.807, 2.05) is 18.2 Å². The van der Waals surface area contributed by atoms with Crippen LogP contribution in [0.15, 0.2) is 23.0 Å². The number of aromatic nitrogens is 2. The molecule has 0 unspecified atom stereocenters. The summed E-state index contributed by atoms with van der Waals surface area (Å²) in [4.78, 5) is 15.0. The van der Waals surface area contributed by atoms with Gasteiger partial charge in [0.15, 0.2) is 4.77 Å². The zero-order valence-corrected chi connectivity index (χ0v) is 10.2. The van der Waals surface area contributed by atoms with Crippen molar-refractivity contribution in [2.45, 2.75) is 19.8 Å². The van der Waals surface area contributed by atoms with Gasteiger partial charge in [0.1, 0.15) is 0 Å². The second kappa shape index (κ2) is 4.22. The molecule has 2 aromatic rings. The van der Waals surface area contributed by atoms with Crippen LogP contribution in [-0.4, -0.2) is 9.55 Å². The first-order valence-electron chi connectivity index (χ1n) is 5.35. The Labute approximate surface area is 98.7 Å². The molecule has 0 radical (unpaired) electrons.